The minimum absolute atomic E-state index is 0.0416. The van der Waals surface area contributed by atoms with Crippen LogP contribution >= 0.6 is 0 Å². The summed E-state index contributed by atoms with van der Waals surface area (Å²) in [4.78, 5) is 14.5. The average molecular weight is 259 g/mol. The molecule has 0 fully saturated rings. The van der Waals surface area contributed by atoms with E-state index >= 15 is 0 Å². The minimum atomic E-state index is 0.0416. The molecule has 0 amide bonds. The van der Waals surface area contributed by atoms with E-state index < -0.39 is 0 Å². The van der Waals surface area contributed by atoms with Crippen molar-refractivity contribution in [1.29, 1.82) is 0 Å². The van der Waals surface area contributed by atoms with Gasteiger partial charge in [0, 0.05) is 18.7 Å². The van der Waals surface area contributed by atoms with Gasteiger partial charge < -0.3 is 15.2 Å². The fourth-order valence-electron chi connectivity index (χ4n) is 2.30. The molecule has 0 saturated carbocycles. The van der Waals surface area contributed by atoms with Crippen molar-refractivity contribution in [2.24, 2.45) is 5.73 Å². The van der Waals surface area contributed by atoms with Gasteiger partial charge in [-0.1, -0.05) is 18.2 Å². The largest absolute Gasteiger partial charge is 0.326 e. The van der Waals surface area contributed by atoms with Crippen LogP contribution in [0.3, 0.4) is 0 Å². The molecule has 1 aromatic carbocycles. The number of nitrogens with zero attached hydrogens (tertiary/aromatic N) is 2. The molecule has 4 heteroatoms. The van der Waals surface area contributed by atoms with Gasteiger partial charge in [-0.05, 0) is 44.6 Å². The van der Waals surface area contributed by atoms with Crippen molar-refractivity contribution in [1.82, 2.24) is 9.47 Å². The second kappa shape index (κ2) is 5.99. The molecule has 0 radical (unpaired) electrons. The maximum atomic E-state index is 12.4. The van der Waals surface area contributed by atoms with Crippen LogP contribution in [0, 0.1) is 0 Å². The van der Waals surface area contributed by atoms with Crippen molar-refractivity contribution in [2.75, 3.05) is 20.6 Å². The molecule has 19 heavy (non-hydrogen) atoms. The zero-order chi connectivity index (χ0) is 13.8. The lowest BCUT2D eigenvalue weighted by molar-refractivity contribution is 0.386. The highest BCUT2D eigenvalue weighted by Crippen LogP contribution is 2.13. The third-order valence-corrected chi connectivity index (χ3v) is 3.28. The Morgan fingerprint density at radius 1 is 1.26 bits per heavy atom. The van der Waals surface area contributed by atoms with Gasteiger partial charge in [-0.15, -0.1) is 0 Å². The molecule has 1 aromatic heterocycles. The lowest BCUT2D eigenvalue weighted by Crippen LogP contribution is -2.27. The molecule has 0 aliphatic rings. The van der Waals surface area contributed by atoms with Crippen LogP contribution in [-0.4, -0.2) is 30.1 Å². The molecular weight excluding hydrogens is 238 g/mol. The average Bonchev–Trinajstić information content (AvgIpc) is 2.40. The third kappa shape index (κ3) is 3.03. The number of pyridine rings is 1. The first kappa shape index (κ1) is 13.8. The Morgan fingerprint density at radius 3 is 2.68 bits per heavy atom. The Labute approximate surface area is 113 Å². The van der Waals surface area contributed by atoms with Gasteiger partial charge in [-0.3, -0.25) is 4.79 Å². The Balaban J connectivity index is 2.44. The van der Waals surface area contributed by atoms with Crippen LogP contribution < -0.4 is 11.3 Å². The first-order valence-corrected chi connectivity index (χ1v) is 6.59. The predicted molar refractivity (Wildman–Crippen MR) is 79.3 cm³/mol. The smallest absolute Gasteiger partial charge is 0.255 e. The fourth-order valence-corrected chi connectivity index (χ4v) is 2.30. The van der Waals surface area contributed by atoms with E-state index in [1.807, 2.05) is 49.0 Å². The van der Waals surface area contributed by atoms with Gasteiger partial charge in [0.15, 0.2) is 0 Å². The molecule has 4 nitrogen and oxygen atoms in total. The molecular formula is C15H21N3O. The fraction of sp³-hybridized carbons (Fsp3) is 0.400. The number of hydrogen-bond donors (Lipinski definition) is 1. The number of hydrogen-bond acceptors (Lipinski definition) is 3. The van der Waals surface area contributed by atoms with Crippen molar-refractivity contribution < 1.29 is 0 Å². The standard InChI is InChI=1S/C15H21N3O/c1-17(2)8-5-9-18-14-7-4-3-6-12(14)10-13(11-16)15(18)19/h3-4,6-7,10H,5,8-9,11,16H2,1-2H3. The topological polar surface area (TPSA) is 51.3 Å². The van der Waals surface area contributed by atoms with Crippen molar-refractivity contribution in [2.45, 2.75) is 19.5 Å². The lowest BCUT2D eigenvalue weighted by Gasteiger charge is -2.14. The highest BCUT2D eigenvalue weighted by Gasteiger charge is 2.07. The summed E-state index contributed by atoms with van der Waals surface area (Å²) in [5, 5.41) is 1.08. The molecule has 0 unspecified atom stereocenters. The van der Waals surface area contributed by atoms with Crippen LogP contribution in [0.4, 0.5) is 0 Å². The first-order valence-electron chi connectivity index (χ1n) is 6.59. The van der Waals surface area contributed by atoms with E-state index in [0.717, 1.165) is 30.4 Å². The quantitative estimate of drug-likeness (QED) is 0.883. The van der Waals surface area contributed by atoms with Crippen LogP contribution in [0.1, 0.15) is 12.0 Å². The number of benzene rings is 1. The minimum Gasteiger partial charge on any atom is -0.326 e. The first-order chi connectivity index (χ1) is 9.13. The van der Waals surface area contributed by atoms with Gasteiger partial charge in [0.05, 0.1) is 5.52 Å². The van der Waals surface area contributed by atoms with Gasteiger partial charge in [-0.2, -0.15) is 0 Å². The van der Waals surface area contributed by atoms with Crippen molar-refractivity contribution >= 4 is 10.9 Å². The maximum absolute atomic E-state index is 12.4. The van der Waals surface area contributed by atoms with Crippen LogP contribution in [0.5, 0.6) is 0 Å². The number of aromatic nitrogens is 1. The van der Waals surface area contributed by atoms with Crippen molar-refractivity contribution in [3.05, 3.63) is 46.2 Å². The Bertz CT molecular complexity index is 616. The zero-order valence-electron chi connectivity index (χ0n) is 11.6. The molecule has 1 heterocycles. The maximum Gasteiger partial charge on any atom is 0.255 e. The summed E-state index contributed by atoms with van der Waals surface area (Å²) in [6.45, 7) is 1.98. The van der Waals surface area contributed by atoms with E-state index in [2.05, 4.69) is 4.90 Å². The van der Waals surface area contributed by atoms with Gasteiger partial charge >= 0.3 is 0 Å². The van der Waals surface area contributed by atoms with Crippen LogP contribution in [0.15, 0.2) is 35.1 Å². The van der Waals surface area contributed by atoms with Crippen LogP contribution in [-0.2, 0) is 13.1 Å². The monoisotopic (exact) mass is 259 g/mol. The molecule has 2 N–H and O–H groups in total. The summed E-state index contributed by atoms with van der Waals surface area (Å²) in [6.07, 6.45) is 0.949. The number of para-hydroxylation sites is 1. The Hall–Kier alpha value is -1.65. The Morgan fingerprint density at radius 2 is 2.00 bits per heavy atom. The second-order valence-corrected chi connectivity index (χ2v) is 5.05. The molecule has 0 spiro atoms. The summed E-state index contributed by atoms with van der Waals surface area (Å²) < 4.78 is 1.85. The summed E-state index contributed by atoms with van der Waals surface area (Å²) in [5.74, 6) is 0. The number of fused-ring (bicyclic) bond motifs is 1. The molecule has 0 saturated heterocycles. The van der Waals surface area contributed by atoms with Gasteiger partial charge in [-0.25, -0.2) is 0 Å². The normalized spacial score (nSPS) is 11.4. The number of rotatable bonds is 5. The summed E-state index contributed by atoms with van der Waals surface area (Å²) in [6, 6.07) is 9.87. The molecule has 102 valence electrons. The van der Waals surface area contributed by atoms with E-state index in [0.29, 0.717) is 5.56 Å². The number of nitrogens with two attached hydrogens (primary N) is 1. The summed E-state index contributed by atoms with van der Waals surface area (Å²) in [5.41, 5.74) is 7.38. The Kier molecular flexibility index (Phi) is 4.35. The highest BCUT2D eigenvalue weighted by molar-refractivity contribution is 5.79. The van der Waals surface area contributed by atoms with E-state index in [1.54, 1.807) is 0 Å². The SMILES string of the molecule is CN(C)CCCn1c(=O)c(CN)cc2ccccc21. The lowest BCUT2D eigenvalue weighted by atomic mass is 10.1. The third-order valence-electron chi connectivity index (χ3n) is 3.28. The number of aryl methyl sites for hydroxylation is 1. The predicted octanol–water partition coefficient (Wildman–Crippen LogP) is 1.41. The van der Waals surface area contributed by atoms with Crippen LogP contribution in [0.25, 0.3) is 10.9 Å². The van der Waals surface area contributed by atoms with Gasteiger partial charge in [0.25, 0.3) is 5.56 Å². The highest BCUT2D eigenvalue weighted by atomic mass is 16.1. The van der Waals surface area contributed by atoms with E-state index in [-0.39, 0.29) is 12.1 Å². The molecule has 0 aliphatic carbocycles. The van der Waals surface area contributed by atoms with Crippen molar-refractivity contribution in [3.8, 4) is 0 Å². The summed E-state index contributed by atoms with van der Waals surface area (Å²) in [7, 11) is 4.08. The van der Waals surface area contributed by atoms with Crippen LogP contribution in [0.2, 0.25) is 0 Å². The molecule has 0 atom stereocenters. The summed E-state index contributed by atoms with van der Waals surface area (Å²) >= 11 is 0. The molecule has 2 rings (SSSR count). The zero-order valence-corrected chi connectivity index (χ0v) is 11.6. The van der Waals surface area contributed by atoms with Gasteiger partial charge in [0.2, 0.25) is 0 Å². The second-order valence-electron chi connectivity index (χ2n) is 5.05. The molecule has 2 aromatic rings. The van der Waals surface area contributed by atoms with Crippen molar-refractivity contribution in [3.63, 3.8) is 0 Å². The molecule has 0 bridgehead atoms. The van der Waals surface area contributed by atoms with E-state index in [4.69, 9.17) is 5.73 Å². The van der Waals surface area contributed by atoms with Gasteiger partial charge in [0.1, 0.15) is 0 Å². The van der Waals surface area contributed by atoms with E-state index in [9.17, 15) is 4.79 Å². The molecule has 0 aliphatic heterocycles. The van der Waals surface area contributed by atoms with E-state index in [1.165, 1.54) is 0 Å².